The Morgan fingerprint density at radius 2 is 2.38 bits per heavy atom. The van der Waals surface area contributed by atoms with Gasteiger partial charge >= 0.3 is 0 Å². The molecule has 0 bridgehead atoms. The summed E-state index contributed by atoms with van der Waals surface area (Å²) in [7, 11) is 0. The lowest BCUT2D eigenvalue weighted by atomic mass is 10.1. The van der Waals surface area contributed by atoms with Gasteiger partial charge in [0.25, 0.3) is 0 Å². The van der Waals surface area contributed by atoms with Gasteiger partial charge in [-0.1, -0.05) is 12.5 Å². The van der Waals surface area contributed by atoms with Gasteiger partial charge in [-0.2, -0.15) is 5.26 Å². The molecule has 0 amide bonds. The zero-order valence-electron chi connectivity index (χ0n) is 9.37. The van der Waals surface area contributed by atoms with Gasteiger partial charge < -0.3 is 10.6 Å². The van der Waals surface area contributed by atoms with Gasteiger partial charge in [-0.3, -0.25) is 0 Å². The molecule has 16 heavy (non-hydrogen) atoms. The Labute approximate surface area is 96.5 Å². The summed E-state index contributed by atoms with van der Waals surface area (Å²) in [4.78, 5) is 0. The normalized spacial score (nSPS) is 20.1. The largest absolute Gasteiger partial charge is 0.383 e. The number of nitrogens with one attached hydrogen (secondary N) is 2. The van der Waals surface area contributed by atoms with Crippen molar-refractivity contribution in [3.05, 3.63) is 29.8 Å². The predicted molar refractivity (Wildman–Crippen MR) is 65.3 cm³/mol. The Hall–Kier alpha value is -1.53. The minimum Gasteiger partial charge on any atom is -0.383 e. The van der Waals surface area contributed by atoms with Gasteiger partial charge in [0.1, 0.15) is 0 Å². The van der Waals surface area contributed by atoms with Crippen LogP contribution in [-0.2, 0) is 0 Å². The number of benzene rings is 1. The first kappa shape index (κ1) is 11.0. The summed E-state index contributed by atoms with van der Waals surface area (Å²) in [6, 6.07) is 10.3. The number of hydrogen-bond acceptors (Lipinski definition) is 3. The summed E-state index contributed by atoms with van der Waals surface area (Å²) < 4.78 is 0. The molecule has 0 spiro atoms. The van der Waals surface area contributed by atoms with Crippen molar-refractivity contribution in [3.8, 4) is 6.07 Å². The van der Waals surface area contributed by atoms with Crippen LogP contribution >= 0.6 is 0 Å². The fourth-order valence-electron chi connectivity index (χ4n) is 2.04. The Morgan fingerprint density at radius 1 is 1.44 bits per heavy atom. The van der Waals surface area contributed by atoms with Crippen LogP contribution in [0.2, 0.25) is 0 Å². The smallest absolute Gasteiger partial charge is 0.0992 e. The summed E-state index contributed by atoms with van der Waals surface area (Å²) in [5.74, 6) is 0. The summed E-state index contributed by atoms with van der Waals surface area (Å²) >= 11 is 0. The van der Waals surface area contributed by atoms with Crippen molar-refractivity contribution >= 4 is 5.69 Å². The van der Waals surface area contributed by atoms with Crippen molar-refractivity contribution in [1.29, 1.82) is 5.26 Å². The molecule has 1 aliphatic rings. The van der Waals surface area contributed by atoms with E-state index in [0.29, 0.717) is 11.6 Å². The lowest BCUT2D eigenvalue weighted by molar-refractivity contribution is 0.414. The first-order chi connectivity index (χ1) is 7.88. The van der Waals surface area contributed by atoms with E-state index in [1.54, 1.807) is 0 Å². The molecule has 84 valence electrons. The molecule has 1 fully saturated rings. The molecule has 1 aromatic carbocycles. The zero-order valence-corrected chi connectivity index (χ0v) is 9.37. The molecule has 1 heterocycles. The van der Waals surface area contributed by atoms with E-state index in [-0.39, 0.29) is 0 Å². The second-order valence-corrected chi connectivity index (χ2v) is 4.22. The minimum absolute atomic E-state index is 0.569. The first-order valence-electron chi connectivity index (χ1n) is 5.86. The van der Waals surface area contributed by atoms with Gasteiger partial charge in [0.2, 0.25) is 0 Å². The Morgan fingerprint density at radius 3 is 3.12 bits per heavy atom. The van der Waals surface area contributed by atoms with Gasteiger partial charge in [-0.15, -0.1) is 0 Å². The van der Waals surface area contributed by atoms with Gasteiger partial charge in [-0.05, 0) is 37.6 Å². The zero-order chi connectivity index (χ0) is 11.2. The van der Waals surface area contributed by atoms with E-state index in [1.807, 2.05) is 24.3 Å². The van der Waals surface area contributed by atoms with Gasteiger partial charge in [0.05, 0.1) is 11.6 Å². The Kier molecular flexibility index (Phi) is 3.79. The SMILES string of the molecule is N#Cc1cccc(NCC2CCCCN2)c1. The maximum absolute atomic E-state index is 8.79. The molecular formula is C13H17N3. The molecule has 3 nitrogen and oxygen atoms in total. The van der Waals surface area contributed by atoms with Gasteiger partial charge in [-0.25, -0.2) is 0 Å². The van der Waals surface area contributed by atoms with Crippen LogP contribution in [0, 0.1) is 11.3 Å². The van der Waals surface area contributed by atoms with Crippen LogP contribution in [0.5, 0.6) is 0 Å². The number of anilines is 1. The summed E-state index contributed by atoms with van der Waals surface area (Å²) in [6.45, 7) is 2.07. The third-order valence-corrected chi connectivity index (χ3v) is 2.96. The molecule has 3 heteroatoms. The molecule has 1 aromatic rings. The van der Waals surface area contributed by atoms with E-state index >= 15 is 0 Å². The molecule has 0 saturated carbocycles. The van der Waals surface area contributed by atoms with Crippen molar-refractivity contribution in [2.24, 2.45) is 0 Å². The molecule has 2 N–H and O–H groups in total. The molecule has 1 atom stereocenters. The quantitative estimate of drug-likeness (QED) is 0.812. The maximum Gasteiger partial charge on any atom is 0.0992 e. The van der Waals surface area contributed by atoms with Crippen LogP contribution in [0.1, 0.15) is 24.8 Å². The van der Waals surface area contributed by atoms with Crippen molar-refractivity contribution in [3.63, 3.8) is 0 Å². The number of nitriles is 1. The standard InChI is InChI=1S/C13H17N3/c14-9-11-4-3-6-12(8-11)16-10-13-5-1-2-7-15-13/h3-4,6,8,13,15-16H,1-2,5,7,10H2. The number of piperidine rings is 1. The molecule has 0 radical (unpaired) electrons. The van der Waals surface area contributed by atoms with E-state index in [9.17, 15) is 0 Å². The highest BCUT2D eigenvalue weighted by Crippen LogP contribution is 2.12. The van der Waals surface area contributed by atoms with Crippen LogP contribution < -0.4 is 10.6 Å². The third kappa shape index (κ3) is 2.98. The molecule has 0 aliphatic carbocycles. The van der Waals surface area contributed by atoms with Gasteiger partial charge in [0.15, 0.2) is 0 Å². The van der Waals surface area contributed by atoms with Crippen molar-refractivity contribution in [1.82, 2.24) is 5.32 Å². The molecule has 1 saturated heterocycles. The second kappa shape index (κ2) is 5.53. The third-order valence-electron chi connectivity index (χ3n) is 2.96. The van der Waals surface area contributed by atoms with Crippen LogP contribution in [0.15, 0.2) is 24.3 Å². The summed E-state index contributed by atoms with van der Waals surface area (Å²) in [6.07, 6.45) is 3.85. The van der Waals surface area contributed by atoms with Crippen LogP contribution in [0.3, 0.4) is 0 Å². The van der Waals surface area contributed by atoms with E-state index in [1.165, 1.54) is 19.3 Å². The molecule has 1 aliphatic heterocycles. The molecule has 2 rings (SSSR count). The highest BCUT2D eigenvalue weighted by Gasteiger charge is 2.11. The molecule has 1 unspecified atom stereocenters. The van der Waals surface area contributed by atoms with Crippen molar-refractivity contribution in [2.75, 3.05) is 18.4 Å². The molecular weight excluding hydrogens is 198 g/mol. The van der Waals surface area contributed by atoms with Crippen molar-refractivity contribution < 1.29 is 0 Å². The number of hydrogen-bond donors (Lipinski definition) is 2. The first-order valence-corrected chi connectivity index (χ1v) is 5.86. The van der Waals surface area contributed by atoms with Crippen LogP contribution in [0.4, 0.5) is 5.69 Å². The fourth-order valence-corrected chi connectivity index (χ4v) is 2.04. The topological polar surface area (TPSA) is 47.9 Å². The Bertz CT molecular complexity index is 375. The van der Waals surface area contributed by atoms with E-state index < -0.39 is 0 Å². The monoisotopic (exact) mass is 215 g/mol. The highest BCUT2D eigenvalue weighted by atomic mass is 15.0. The Balaban J connectivity index is 1.86. The average molecular weight is 215 g/mol. The lowest BCUT2D eigenvalue weighted by Gasteiger charge is -2.24. The predicted octanol–water partition coefficient (Wildman–Crippen LogP) is 2.11. The van der Waals surface area contributed by atoms with Gasteiger partial charge in [0, 0.05) is 18.3 Å². The summed E-state index contributed by atoms with van der Waals surface area (Å²) in [5.41, 5.74) is 1.74. The van der Waals surface area contributed by atoms with E-state index in [2.05, 4.69) is 16.7 Å². The number of rotatable bonds is 3. The minimum atomic E-state index is 0.569. The van der Waals surface area contributed by atoms with Crippen LogP contribution in [0.25, 0.3) is 0 Å². The average Bonchev–Trinajstić information content (AvgIpc) is 2.38. The van der Waals surface area contributed by atoms with E-state index in [4.69, 9.17) is 5.26 Å². The lowest BCUT2D eigenvalue weighted by Crippen LogP contribution is -2.39. The number of nitrogens with zero attached hydrogens (tertiary/aromatic N) is 1. The van der Waals surface area contributed by atoms with Crippen LogP contribution in [-0.4, -0.2) is 19.1 Å². The second-order valence-electron chi connectivity index (χ2n) is 4.22. The maximum atomic E-state index is 8.79. The van der Waals surface area contributed by atoms with Crippen molar-refractivity contribution in [2.45, 2.75) is 25.3 Å². The summed E-state index contributed by atoms with van der Waals surface area (Å²) in [5, 5.41) is 15.7. The fraction of sp³-hybridized carbons (Fsp3) is 0.462. The van der Waals surface area contributed by atoms with E-state index in [0.717, 1.165) is 18.8 Å². The molecule has 0 aromatic heterocycles. The highest BCUT2D eigenvalue weighted by molar-refractivity contribution is 5.49.